The molecule has 0 aliphatic carbocycles. The van der Waals surface area contributed by atoms with Crippen molar-refractivity contribution in [2.24, 2.45) is 0 Å². The lowest BCUT2D eigenvalue weighted by Gasteiger charge is -2.11. The average molecular weight is 264 g/mol. The van der Waals surface area contributed by atoms with Gasteiger partial charge in [0.15, 0.2) is 5.82 Å². The van der Waals surface area contributed by atoms with E-state index in [2.05, 4.69) is 29.2 Å². The molecule has 0 aliphatic rings. The molecule has 0 spiro atoms. The van der Waals surface area contributed by atoms with Crippen molar-refractivity contribution in [3.63, 3.8) is 0 Å². The number of rotatable bonds is 6. The highest BCUT2D eigenvalue weighted by Gasteiger charge is 2.10. The highest BCUT2D eigenvalue weighted by molar-refractivity contribution is 5.67. The first-order valence-electron chi connectivity index (χ1n) is 6.37. The number of aliphatic hydroxyl groups excluding tert-OH is 1. The van der Waals surface area contributed by atoms with Crippen molar-refractivity contribution in [3.8, 4) is 0 Å². The van der Waals surface area contributed by atoms with Gasteiger partial charge in [0.2, 0.25) is 0 Å². The fourth-order valence-corrected chi connectivity index (χ4v) is 1.83. The van der Waals surface area contributed by atoms with E-state index < -0.39 is 6.10 Å². The maximum absolute atomic E-state index is 9.64. The van der Waals surface area contributed by atoms with Gasteiger partial charge in [-0.1, -0.05) is 13.8 Å². The number of fused-ring (bicyclic) bond motifs is 1. The van der Waals surface area contributed by atoms with Crippen molar-refractivity contribution in [1.82, 2.24) is 14.6 Å². The first-order chi connectivity index (χ1) is 9.11. The predicted octanol–water partition coefficient (Wildman–Crippen LogP) is 1.27. The van der Waals surface area contributed by atoms with Gasteiger partial charge in [0.25, 0.3) is 0 Å². The summed E-state index contributed by atoms with van der Waals surface area (Å²) in [6.07, 6.45) is 2.95. The van der Waals surface area contributed by atoms with Crippen LogP contribution in [0.4, 0.5) is 5.82 Å². The Kier molecular flexibility index (Phi) is 4.34. The van der Waals surface area contributed by atoms with Crippen LogP contribution in [0.1, 0.15) is 25.5 Å². The minimum atomic E-state index is -0.556. The fourth-order valence-electron chi connectivity index (χ4n) is 1.83. The Labute approximate surface area is 112 Å². The quantitative estimate of drug-likeness (QED) is 0.822. The van der Waals surface area contributed by atoms with Gasteiger partial charge in [0.1, 0.15) is 5.52 Å². The van der Waals surface area contributed by atoms with Crippen molar-refractivity contribution in [2.45, 2.75) is 25.9 Å². The van der Waals surface area contributed by atoms with E-state index in [1.807, 2.05) is 12.3 Å². The topological polar surface area (TPSA) is 71.7 Å². The molecule has 0 amide bonds. The van der Waals surface area contributed by atoms with Crippen LogP contribution in [-0.2, 0) is 4.74 Å². The Bertz CT molecular complexity index is 538. The number of aliphatic hydroxyl groups is 1. The van der Waals surface area contributed by atoms with Crippen LogP contribution in [0.2, 0.25) is 0 Å². The van der Waals surface area contributed by atoms with Crippen LogP contribution in [-0.4, -0.2) is 46.1 Å². The van der Waals surface area contributed by atoms with Gasteiger partial charge in [-0.05, 0) is 12.0 Å². The summed E-state index contributed by atoms with van der Waals surface area (Å²) in [6.45, 7) is 4.89. The lowest BCUT2D eigenvalue weighted by Crippen LogP contribution is -2.24. The Balaban J connectivity index is 2.18. The number of methoxy groups -OCH3 is 1. The number of ether oxygens (including phenoxy) is 1. The SMILES string of the molecule is COCC(O)CNc1nccn2nc(C(C)C)cc12. The summed E-state index contributed by atoms with van der Waals surface area (Å²) >= 11 is 0. The molecule has 19 heavy (non-hydrogen) atoms. The molecule has 1 unspecified atom stereocenters. The van der Waals surface area contributed by atoms with Gasteiger partial charge in [-0.3, -0.25) is 0 Å². The number of hydrogen-bond acceptors (Lipinski definition) is 5. The van der Waals surface area contributed by atoms with Crippen LogP contribution in [0.5, 0.6) is 0 Å². The third-order valence-electron chi connectivity index (χ3n) is 2.86. The van der Waals surface area contributed by atoms with E-state index >= 15 is 0 Å². The van der Waals surface area contributed by atoms with Crippen molar-refractivity contribution in [3.05, 3.63) is 24.2 Å². The molecule has 0 radical (unpaired) electrons. The molecule has 6 nitrogen and oxygen atoms in total. The van der Waals surface area contributed by atoms with Gasteiger partial charge in [0.05, 0.1) is 18.4 Å². The molecule has 2 heterocycles. The van der Waals surface area contributed by atoms with E-state index in [4.69, 9.17) is 4.74 Å². The summed E-state index contributed by atoms with van der Waals surface area (Å²) in [6, 6.07) is 2.02. The summed E-state index contributed by atoms with van der Waals surface area (Å²) in [5.74, 6) is 1.09. The molecule has 2 aromatic heterocycles. The van der Waals surface area contributed by atoms with E-state index in [-0.39, 0.29) is 0 Å². The molecule has 0 saturated heterocycles. The molecule has 0 saturated carbocycles. The monoisotopic (exact) mass is 264 g/mol. The second-order valence-corrected chi connectivity index (χ2v) is 4.82. The smallest absolute Gasteiger partial charge is 0.152 e. The molecular formula is C13H20N4O2. The highest BCUT2D eigenvalue weighted by Crippen LogP contribution is 2.19. The van der Waals surface area contributed by atoms with Crippen molar-refractivity contribution in [2.75, 3.05) is 25.6 Å². The van der Waals surface area contributed by atoms with Gasteiger partial charge in [0, 0.05) is 26.0 Å². The Hall–Kier alpha value is -1.66. The molecule has 0 fully saturated rings. The summed E-state index contributed by atoms with van der Waals surface area (Å²) in [5.41, 5.74) is 1.93. The van der Waals surface area contributed by atoms with E-state index in [1.165, 1.54) is 0 Å². The third-order valence-corrected chi connectivity index (χ3v) is 2.86. The lowest BCUT2D eigenvalue weighted by molar-refractivity contribution is 0.0727. The third kappa shape index (κ3) is 3.21. The van der Waals surface area contributed by atoms with Gasteiger partial charge < -0.3 is 15.2 Å². The Morgan fingerprint density at radius 2 is 2.26 bits per heavy atom. The standard InChI is InChI=1S/C13H20N4O2/c1-9(2)11-6-12-13(14-4-5-17(12)16-11)15-7-10(18)8-19-3/h4-6,9-10,18H,7-8H2,1-3H3,(H,14,15). The van der Waals surface area contributed by atoms with Gasteiger partial charge >= 0.3 is 0 Å². The van der Waals surface area contributed by atoms with Gasteiger partial charge in [-0.25, -0.2) is 9.50 Å². The summed E-state index contributed by atoms with van der Waals surface area (Å²) in [5, 5.41) is 17.2. The van der Waals surface area contributed by atoms with Crippen LogP contribution in [0.3, 0.4) is 0 Å². The summed E-state index contributed by atoms with van der Waals surface area (Å²) in [4.78, 5) is 4.29. The average Bonchev–Trinajstić information content (AvgIpc) is 2.81. The zero-order valence-corrected chi connectivity index (χ0v) is 11.5. The normalized spacial score (nSPS) is 13.1. The number of hydrogen-bond donors (Lipinski definition) is 2. The van der Waals surface area contributed by atoms with E-state index in [0.29, 0.717) is 19.1 Å². The molecule has 1 atom stereocenters. The maximum Gasteiger partial charge on any atom is 0.152 e. The molecule has 0 aliphatic heterocycles. The first-order valence-corrected chi connectivity index (χ1v) is 6.37. The lowest BCUT2D eigenvalue weighted by atomic mass is 10.1. The van der Waals surface area contributed by atoms with E-state index in [1.54, 1.807) is 17.8 Å². The van der Waals surface area contributed by atoms with Gasteiger partial charge in [-0.2, -0.15) is 5.10 Å². The highest BCUT2D eigenvalue weighted by atomic mass is 16.5. The molecule has 0 bridgehead atoms. The van der Waals surface area contributed by atoms with Crippen molar-refractivity contribution < 1.29 is 9.84 Å². The predicted molar refractivity (Wildman–Crippen MR) is 73.4 cm³/mol. The van der Waals surface area contributed by atoms with Crippen LogP contribution in [0.15, 0.2) is 18.5 Å². The molecular weight excluding hydrogens is 244 g/mol. The molecule has 0 aromatic carbocycles. The minimum Gasteiger partial charge on any atom is -0.389 e. The minimum absolute atomic E-state index is 0.298. The van der Waals surface area contributed by atoms with E-state index in [0.717, 1.165) is 17.0 Å². The zero-order chi connectivity index (χ0) is 13.8. The summed E-state index contributed by atoms with van der Waals surface area (Å²) in [7, 11) is 1.56. The Morgan fingerprint density at radius 1 is 1.47 bits per heavy atom. The molecule has 104 valence electrons. The fraction of sp³-hybridized carbons (Fsp3) is 0.538. The van der Waals surface area contributed by atoms with E-state index in [9.17, 15) is 5.11 Å². The van der Waals surface area contributed by atoms with Crippen molar-refractivity contribution in [1.29, 1.82) is 0 Å². The molecule has 2 aromatic rings. The van der Waals surface area contributed by atoms with Crippen molar-refractivity contribution >= 4 is 11.3 Å². The molecule has 2 rings (SSSR count). The number of nitrogens with one attached hydrogen (secondary N) is 1. The largest absolute Gasteiger partial charge is 0.389 e. The second kappa shape index (κ2) is 5.99. The van der Waals surface area contributed by atoms with Crippen LogP contribution in [0.25, 0.3) is 5.52 Å². The number of anilines is 1. The van der Waals surface area contributed by atoms with Crippen LogP contribution >= 0.6 is 0 Å². The second-order valence-electron chi connectivity index (χ2n) is 4.82. The summed E-state index contributed by atoms with van der Waals surface area (Å²) < 4.78 is 6.69. The first kappa shape index (κ1) is 13.8. The van der Waals surface area contributed by atoms with Crippen LogP contribution in [0, 0.1) is 0 Å². The maximum atomic E-state index is 9.64. The number of aromatic nitrogens is 3. The number of nitrogens with zero attached hydrogens (tertiary/aromatic N) is 3. The zero-order valence-electron chi connectivity index (χ0n) is 11.5. The van der Waals surface area contributed by atoms with Gasteiger partial charge in [-0.15, -0.1) is 0 Å². The molecule has 2 N–H and O–H groups in total. The Morgan fingerprint density at radius 3 is 2.95 bits per heavy atom. The molecule has 6 heteroatoms. The van der Waals surface area contributed by atoms with Crippen LogP contribution < -0.4 is 5.32 Å².